The molecule has 1 nitrogen and oxygen atoms in total. The number of halogens is 1. The molecule has 0 radical (unpaired) electrons. The molecule has 0 amide bonds. The molecule has 0 aliphatic heterocycles. The van der Waals surface area contributed by atoms with Crippen LogP contribution in [0.25, 0.3) is 0 Å². The van der Waals surface area contributed by atoms with Crippen LogP contribution in [0.5, 0.6) is 0 Å². The number of Topliss-reactive ketones (excluding diaryl/α,β-unsaturated/α-hetero) is 1. The first-order chi connectivity index (χ1) is 9.00. The van der Waals surface area contributed by atoms with E-state index in [-0.39, 0.29) is 16.6 Å². The van der Waals surface area contributed by atoms with E-state index in [1.54, 1.807) is 6.92 Å². The molecule has 1 aromatic carbocycles. The molecule has 110 valence electrons. The van der Waals surface area contributed by atoms with Crippen molar-refractivity contribution in [3.63, 3.8) is 0 Å². The van der Waals surface area contributed by atoms with Crippen LogP contribution in [0, 0.1) is 12.8 Å². The van der Waals surface area contributed by atoms with Crippen molar-refractivity contribution in [2.75, 3.05) is 0 Å². The normalized spacial score (nSPS) is 23.3. The topological polar surface area (TPSA) is 17.1 Å². The molecule has 1 atom stereocenters. The number of ketones is 1. The van der Waals surface area contributed by atoms with E-state index >= 15 is 0 Å². The second kappa shape index (κ2) is 4.69. The summed E-state index contributed by atoms with van der Waals surface area (Å²) in [6.07, 6.45) is 1.15. The lowest BCUT2D eigenvalue weighted by Crippen LogP contribution is -2.41. The number of benzene rings is 1. The molecular formula is C18H25BrO. The Balaban J connectivity index is 2.87. The lowest BCUT2D eigenvalue weighted by molar-refractivity contribution is 0.101. The van der Waals surface area contributed by atoms with Gasteiger partial charge in [-0.3, -0.25) is 4.79 Å². The van der Waals surface area contributed by atoms with E-state index in [0.29, 0.717) is 5.92 Å². The highest BCUT2D eigenvalue weighted by molar-refractivity contribution is 9.10. The fourth-order valence-corrected chi connectivity index (χ4v) is 4.59. The molecule has 0 saturated carbocycles. The first kappa shape index (κ1) is 15.8. The molecule has 1 aliphatic carbocycles. The Kier molecular flexibility index (Phi) is 3.70. The average Bonchev–Trinajstić information content (AvgIpc) is 2.29. The van der Waals surface area contributed by atoms with E-state index in [0.717, 1.165) is 22.0 Å². The molecule has 0 heterocycles. The van der Waals surface area contributed by atoms with Gasteiger partial charge in [-0.25, -0.2) is 0 Å². The zero-order valence-corrected chi connectivity index (χ0v) is 15.2. The molecule has 0 unspecified atom stereocenters. The smallest absolute Gasteiger partial charge is 0.160 e. The largest absolute Gasteiger partial charge is 0.295 e. The Labute approximate surface area is 131 Å². The molecule has 2 heteroatoms. The van der Waals surface area contributed by atoms with Crippen LogP contribution in [0.3, 0.4) is 0 Å². The summed E-state index contributed by atoms with van der Waals surface area (Å²) in [4.78, 5) is 11.9. The van der Waals surface area contributed by atoms with Crippen molar-refractivity contribution in [3.05, 3.63) is 32.8 Å². The van der Waals surface area contributed by atoms with Gasteiger partial charge in [-0.2, -0.15) is 0 Å². The van der Waals surface area contributed by atoms with Crippen LogP contribution in [0.15, 0.2) is 10.5 Å². The Morgan fingerprint density at radius 3 is 2.35 bits per heavy atom. The Morgan fingerprint density at radius 2 is 1.85 bits per heavy atom. The van der Waals surface area contributed by atoms with E-state index in [2.05, 4.69) is 56.6 Å². The Hall–Kier alpha value is -0.630. The number of hydrogen-bond donors (Lipinski definition) is 0. The van der Waals surface area contributed by atoms with Crippen molar-refractivity contribution in [2.45, 2.75) is 65.7 Å². The SMILES string of the molecule is CC(=O)c1cc2c(c(Br)c1C)C(C)(C)[C@@H](C)CC2(C)C. The first-order valence-electron chi connectivity index (χ1n) is 7.35. The van der Waals surface area contributed by atoms with Gasteiger partial charge in [0, 0.05) is 10.0 Å². The van der Waals surface area contributed by atoms with Gasteiger partial charge in [0.2, 0.25) is 0 Å². The summed E-state index contributed by atoms with van der Waals surface area (Å²) < 4.78 is 1.13. The molecule has 20 heavy (non-hydrogen) atoms. The van der Waals surface area contributed by atoms with E-state index in [9.17, 15) is 4.79 Å². The third kappa shape index (κ3) is 2.16. The van der Waals surface area contributed by atoms with E-state index in [1.165, 1.54) is 11.1 Å². The van der Waals surface area contributed by atoms with Crippen molar-refractivity contribution in [1.29, 1.82) is 0 Å². The number of hydrogen-bond acceptors (Lipinski definition) is 1. The molecule has 0 saturated heterocycles. The van der Waals surface area contributed by atoms with Crippen LogP contribution >= 0.6 is 15.9 Å². The van der Waals surface area contributed by atoms with Crippen LogP contribution in [0.4, 0.5) is 0 Å². The van der Waals surface area contributed by atoms with Gasteiger partial charge >= 0.3 is 0 Å². The van der Waals surface area contributed by atoms with Crippen molar-refractivity contribution in [1.82, 2.24) is 0 Å². The van der Waals surface area contributed by atoms with Crippen LogP contribution < -0.4 is 0 Å². The van der Waals surface area contributed by atoms with Gasteiger partial charge in [-0.1, -0.05) is 50.5 Å². The van der Waals surface area contributed by atoms with Crippen LogP contribution in [0.2, 0.25) is 0 Å². The summed E-state index contributed by atoms with van der Waals surface area (Å²) in [5, 5.41) is 0. The lowest BCUT2D eigenvalue weighted by Gasteiger charge is -2.47. The second-order valence-electron chi connectivity index (χ2n) is 7.55. The molecule has 2 rings (SSSR count). The molecule has 1 aliphatic rings. The maximum absolute atomic E-state index is 11.9. The summed E-state index contributed by atoms with van der Waals surface area (Å²) in [5.41, 5.74) is 4.91. The van der Waals surface area contributed by atoms with Crippen LogP contribution in [0.1, 0.15) is 75.0 Å². The van der Waals surface area contributed by atoms with Gasteiger partial charge in [-0.15, -0.1) is 0 Å². The van der Waals surface area contributed by atoms with E-state index in [4.69, 9.17) is 0 Å². The number of fused-ring (bicyclic) bond motifs is 1. The van der Waals surface area contributed by atoms with Gasteiger partial charge in [0.05, 0.1) is 0 Å². The third-order valence-electron chi connectivity index (χ3n) is 5.31. The minimum Gasteiger partial charge on any atom is -0.295 e. The van der Waals surface area contributed by atoms with E-state index < -0.39 is 0 Å². The molecule has 0 fully saturated rings. The zero-order valence-electron chi connectivity index (χ0n) is 13.6. The van der Waals surface area contributed by atoms with Crippen LogP contribution in [-0.4, -0.2) is 5.78 Å². The minimum atomic E-state index is 0.116. The Morgan fingerprint density at radius 1 is 1.30 bits per heavy atom. The summed E-state index contributed by atoms with van der Waals surface area (Å²) in [7, 11) is 0. The van der Waals surface area contributed by atoms with Crippen molar-refractivity contribution in [3.8, 4) is 0 Å². The van der Waals surface area contributed by atoms with Crippen LogP contribution in [-0.2, 0) is 10.8 Å². The van der Waals surface area contributed by atoms with Crippen molar-refractivity contribution < 1.29 is 4.79 Å². The summed E-state index contributed by atoms with van der Waals surface area (Å²) in [6.45, 7) is 15.3. The maximum atomic E-state index is 11.9. The van der Waals surface area contributed by atoms with Gasteiger partial charge in [0.15, 0.2) is 5.78 Å². The Bertz CT molecular complexity index is 582. The number of carbonyl (C=O) groups excluding carboxylic acids is 1. The maximum Gasteiger partial charge on any atom is 0.160 e. The highest BCUT2D eigenvalue weighted by atomic mass is 79.9. The predicted octanol–water partition coefficient (Wildman–Crippen LogP) is 5.56. The minimum absolute atomic E-state index is 0.116. The molecule has 0 aromatic heterocycles. The highest BCUT2D eigenvalue weighted by Crippen LogP contribution is 2.52. The third-order valence-corrected chi connectivity index (χ3v) is 6.30. The quantitative estimate of drug-likeness (QED) is 0.614. The van der Waals surface area contributed by atoms with Gasteiger partial charge in [0.25, 0.3) is 0 Å². The number of rotatable bonds is 1. The fraction of sp³-hybridized carbons (Fsp3) is 0.611. The summed E-state index contributed by atoms with van der Waals surface area (Å²) in [6, 6.07) is 2.14. The fourth-order valence-electron chi connectivity index (χ4n) is 3.66. The van der Waals surface area contributed by atoms with Gasteiger partial charge < -0.3 is 0 Å². The van der Waals surface area contributed by atoms with Gasteiger partial charge in [-0.05, 0) is 59.8 Å². The second-order valence-corrected chi connectivity index (χ2v) is 8.35. The summed E-state index contributed by atoms with van der Waals surface area (Å²) >= 11 is 3.79. The van der Waals surface area contributed by atoms with Crippen molar-refractivity contribution >= 4 is 21.7 Å². The molecule has 0 bridgehead atoms. The standard InChI is InChI=1S/C18H25BrO/c1-10-9-17(4,5)14-8-13(12(3)20)11(2)16(19)15(14)18(10,6)7/h8,10H,9H2,1-7H3/t10-/m0/s1. The molecule has 1 aromatic rings. The monoisotopic (exact) mass is 336 g/mol. The average molecular weight is 337 g/mol. The van der Waals surface area contributed by atoms with Gasteiger partial charge in [0.1, 0.15) is 0 Å². The van der Waals surface area contributed by atoms with E-state index in [1.807, 2.05) is 6.92 Å². The predicted molar refractivity (Wildman–Crippen MR) is 88.7 cm³/mol. The molecular weight excluding hydrogens is 312 g/mol. The lowest BCUT2D eigenvalue weighted by atomic mass is 9.58. The summed E-state index contributed by atoms with van der Waals surface area (Å²) in [5.74, 6) is 0.766. The van der Waals surface area contributed by atoms with Crippen molar-refractivity contribution in [2.24, 2.45) is 5.92 Å². The zero-order chi connectivity index (χ0) is 15.5. The molecule has 0 N–H and O–H groups in total. The first-order valence-corrected chi connectivity index (χ1v) is 8.14. The molecule has 0 spiro atoms. The number of carbonyl (C=O) groups is 1. The highest BCUT2D eigenvalue weighted by Gasteiger charge is 2.43.